The van der Waals surface area contributed by atoms with Crippen molar-refractivity contribution in [1.29, 1.82) is 0 Å². The molecule has 1 heterocycles. The third-order valence-corrected chi connectivity index (χ3v) is 7.40. The van der Waals surface area contributed by atoms with E-state index in [-0.39, 0.29) is 11.3 Å². The quantitative estimate of drug-likeness (QED) is 0.218. The number of Topliss-reactive ketones (excluding diaryl/α,β-unsaturated/α-hetero) is 1. The molecule has 3 aromatic carbocycles. The van der Waals surface area contributed by atoms with Gasteiger partial charge in [-0.1, -0.05) is 40.2 Å². The number of aliphatic hydroxyl groups is 1. The largest absolute Gasteiger partial charge is 0.507 e. The van der Waals surface area contributed by atoms with Gasteiger partial charge in [0.1, 0.15) is 5.76 Å². The van der Waals surface area contributed by atoms with Crippen molar-refractivity contribution >= 4 is 39.1 Å². The topological polar surface area (TPSA) is 76.1 Å². The molecule has 0 aliphatic carbocycles. The molecule has 1 unspecified atom stereocenters. The van der Waals surface area contributed by atoms with Crippen LogP contribution in [0.1, 0.15) is 40.8 Å². The number of anilines is 1. The van der Waals surface area contributed by atoms with Gasteiger partial charge in [-0.3, -0.25) is 14.5 Å². The number of carbonyl (C=O) groups excluding carboxylic acids is 2. The van der Waals surface area contributed by atoms with Crippen LogP contribution in [0.4, 0.5) is 5.69 Å². The van der Waals surface area contributed by atoms with E-state index in [0.717, 1.165) is 21.2 Å². The SMILES string of the molecule is CCOc1cc(C2/C(=C(\O)c3ccc(Br)c(C)c3)C(=O)C(=O)N2c2cccc(C)c2C)ccc1OC. The fourth-order valence-electron chi connectivity index (χ4n) is 4.47. The predicted octanol–water partition coefficient (Wildman–Crippen LogP) is 6.41. The number of halogens is 1. The lowest BCUT2D eigenvalue weighted by Crippen LogP contribution is -2.30. The third-order valence-electron chi connectivity index (χ3n) is 6.51. The number of amides is 1. The van der Waals surface area contributed by atoms with E-state index in [2.05, 4.69) is 15.9 Å². The van der Waals surface area contributed by atoms with Gasteiger partial charge < -0.3 is 14.6 Å². The molecule has 3 aromatic rings. The van der Waals surface area contributed by atoms with Crippen molar-refractivity contribution in [3.63, 3.8) is 0 Å². The van der Waals surface area contributed by atoms with Gasteiger partial charge in [0, 0.05) is 15.7 Å². The number of nitrogens with zero attached hydrogens (tertiary/aromatic N) is 1. The number of hydrogen-bond acceptors (Lipinski definition) is 5. The third kappa shape index (κ3) is 4.39. The van der Waals surface area contributed by atoms with Crippen molar-refractivity contribution in [2.24, 2.45) is 0 Å². The first-order valence-electron chi connectivity index (χ1n) is 11.6. The number of ketones is 1. The number of benzene rings is 3. The maximum atomic E-state index is 13.5. The minimum absolute atomic E-state index is 0.0234. The molecule has 0 bridgehead atoms. The molecule has 4 rings (SSSR count). The molecular formula is C29H28BrNO5. The van der Waals surface area contributed by atoms with Gasteiger partial charge in [-0.05, 0) is 80.3 Å². The van der Waals surface area contributed by atoms with Crippen LogP contribution in [0.2, 0.25) is 0 Å². The van der Waals surface area contributed by atoms with Gasteiger partial charge >= 0.3 is 0 Å². The van der Waals surface area contributed by atoms with Gasteiger partial charge in [0.05, 0.1) is 25.3 Å². The lowest BCUT2D eigenvalue weighted by Gasteiger charge is -2.28. The van der Waals surface area contributed by atoms with Crippen LogP contribution in [0.15, 0.2) is 64.6 Å². The monoisotopic (exact) mass is 549 g/mol. The molecule has 0 aromatic heterocycles. The second-order valence-corrected chi connectivity index (χ2v) is 9.55. The Labute approximate surface area is 219 Å². The molecule has 36 heavy (non-hydrogen) atoms. The molecule has 1 N–H and O–H groups in total. The Hall–Kier alpha value is -3.58. The Bertz CT molecular complexity index is 1390. The summed E-state index contributed by atoms with van der Waals surface area (Å²) in [5.74, 6) is -0.641. The molecule has 0 radical (unpaired) electrons. The summed E-state index contributed by atoms with van der Waals surface area (Å²) in [7, 11) is 1.55. The Balaban J connectivity index is 2.01. The molecule has 7 heteroatoms. The molecule has 1 aliphatic heterocycles. The number of rotatable bonds is 6. The molecule has 1 saturated heterocycles. The fraction of sp³-hybridized carbons (Fsp3) is 0.241. The van der Waals surface area contributed by atoms with Gasteiger partial charge in [0.25, 0.3) is 11.7 Å². The summed E-state index contributed by atoms with van der Waals surface area (Å²) < 4.78 is 12.1. The predicted molar refractivity (Wildman–Crippen MR) is 144 cm³/mol. The Kier molecular flexibility index (Phi) is 7.22. The van der Waals surface area contributed by atoms with Crippen LogP contribution in [0.25, 0.3) is 5.76 Å². The molecule has 1 atom stereocenters. The van der Waals surface area contributed by atoms with Crippen LogP contribution >= 0.6 is 15.9 Å². The highest BCUT2D eigenvalue weighted by Gasteiger charge is 2.47. The number of hydrogen-bond donors (Lipinski definition) is 1. The molecule has 6 nitrogen and oxygen atoms in total. The Morgan fingerprint density at radius 1 is 1.00 bits per heavy atom. The normalized spacial score (nSPS) is 16.9. The highest BCUT2D eigenvalue weighted by atomic mass is 79.9. The van der Waals surface area contributed by atoms with E-state index in [1.54, 1.807) is 43.5 Å². The van der Waals surface area contributed by atoms with E-state index >= 15 is 0 Å². The molecule has 1 fully saturated rings. The molecule has 0 spiro atoms. The van der Waals surface area contributed by atoms with E-state index in [1.807, 2.05) is 45.9 Å². The van der Waals surface area contributed by atoms with E-state index in [9.17, 15) is 14.7 Å². The minimum Gasteiger partial charge on any atom is -0.507 e. The summed E-state index contributed by atoms with van der Waals surface area (Å²) in [5.41, 5.74) is 4.47. The standard InChI is InChI=1S/C29H28BrNO5/c1-6-36-24-15-19(11-13-23(24)35-5)26-25(27(32)20-10-12-21(30)17(3)14-20)28(33)29(34)31(26)22-9-7-8-16(2)18(22)4/h7-15,26,32H,6H2,1-5H3/b27-25+. The van der Waals surface area contributed by atoms with Crippen molar-refractivity contribution in [3.8, 4) is 11.5 Å². The maximum Gasteiger partial charge on any atom is 0.300 e. The molecule has 1 aliphatic rings. The molecule has 1 amide bonds. The Morgan fingerprint density at radius 3 is 2.42 bits per heavy atom. The molecule has 0 saturated carbocycles. The second-order valence-electron chi connectivity index (χ2n) is 8.70. The first kappa shape index (κ1) is 25.5. The second kappa shape index (κ2) is 10.2. The van der Waals surface area contributed by atoms with Crippen molar-refractivity contribution in [1.82, 2.24) is 0 Å². The van der Waals surface area contributed by atoms with E-state index in [1.165, 1.54) is 4.90 Å². The lowest BCUT2D eigenvalue weighted by molar-refractivity contribution is -0.132. The Morgan fingerprint density at radius 2 is 1.75 bits per heavy atom. The smallest absolute Gasteiger partial charge is 0.300 e. The average Bonchev–Trinajstić information content (AvgIpc) is 3.12. The number of methoxy groups -OCH3 is 1. The van der Waals surface area contributed by atoms with Gasteiger partial charge in [0.15, 0.2) is 11.5 Å². The highest BCUT2D eigenvalue weighted by Crippen LogP contribution is 2.45. The van der Waals surface area contributed by atoms with Crippen LogP contribution in [0.3, 0.4) is 0 Å². The van der Waals surface area contributed by atoms with E-state index in [0.29, 0.717) is 34.9 Å². The van der Waals surface area contributed by atoms with Crippen LogP contribution in [0, 0.1) is 20.8 Å². The van der Waals surface area contributed by atoms with Gasteiger partial charge in [0.2, 0.25) is 0 Å². The number of ether oxygens (including phenoxy) is 2. The van der Waals surface area contributed by atoms with Gasteiger partial charge in [-0.2, -0.15) is 0 Å². The lowest BCUT2D eigenvalue weighted by atomic mass is 9.94. The van der Waals surface area contributed by atoms with E-state index < -0.39 is 17.7 Å². The molecule has 186 valence electrons. The number of carbonyl (C=O) groups is 2. The van der Waals surface area contributed by atoms with Crippen molar-refractivity contribution in [3.05, 3.63) is 92.5 Å². The summed E-state index contributed by atoms with van der Waals surface area (Å²) in [6, 6.07) is 15.4. The summed E-state index contributed by atoms with van der Waals surface area (Å²) >= 11 is 3.47. The van der Waals surface area contributed by atoms with Crippen LogP contribution in [-0.4, -0.2) is 30.5 Å². The summed E-state index contributed by atoms with van der Waals surface area (Å²) in [6.07, 6.45) is 0. The zero-order valence-corrected chi connectivity index (χ0v) is 22.5. The van der Waals surface area contributed by atoms with Gasteiger partial charge in [-0.15, -0.1) is 0 Å². The van der Waals surface area contributed by atoms with Crippen molar-refractivity contribution < 1.29 is 24.2 Å². The minimum atomic E-state index is -0.862. The van der Waals surface area contributed by atoms with Crippen LogP contribution < -0.4 is 14.4 Å². The first-order valence-corrected chi connectivity index (χ1v) is 12.4. The summed E-state index contributed by atoms with van der Waals surface area (Å²) in [4.78, 5) is 28.5. The maximum absolute atomic E-state index is 13.5. The summed E-state index contributed by atoms with van der Waals surface area (Å²) in [5, 5.41) is 11.4. The van der Waals surface area contributed by atoms with Crippen molar-refractivity contribution in [2.75, 3.05) is 18.6 Å². The van der Waals surface area contributed by atoms with E-state index in [4.69, 9.17) is 9.47 Å². The first-order chi connectivity index (χ1) is 17.2. The van der Waals surface area contributed by atoms with Crippen LogP contribution in [-0.2, 0) is 9.59 Å². The van der Waals surface area contributed by atoms with Crippen molar-refractivity contribution in [2.45, 2.75) is 33.7 Å². The zero-order valence-electron chi connectivity index (χ0n) is 20.9. The highest BCUT2D eigenvalue weighted by molar-refractivity contribution is 9.10. The number of aryl methyl sites for hydroxylation is 2. The average molecular weight is 550 g/mol. The fourth-order valence-corrected chi connectivity index (χ4v) is 4.72. The number of aliphatic hydroxyl groups excluding tert-OH is 1. The van der Waals surface area contributed by atoms with Gasteiger partial charge in [-0.25, -0.2) is 0 Å². The zero-order chi connectivity index (χ0) is 26.1. The summed E-state index contributed by atoms with van der Waals surface area (Å²) in [6.45, 7) is 8.04. The van der Waals surface area contributed by atoms with Crippen LogP contribution in [0.5, 0.6) is 11.5 Å². The molecular weight excluding hydrogens is 522 g/mol.